The molecule has 5 heteroatoms. The number of nitrogens with one attached hydrogen (secondary N) is 2. The average Bonchev–Trinajstić information content (AvgIpc) is 2.64. The zero-order valence-corrected chi connectivity index (χ0v) is 13.6. The smallest absolute Gasteiger partial charge is 0.258 e. The van der Waals surface area contributed by atoms with Crippen molar-refractivity contribution < 1.29 is 4.79 Å². The normalized spacial score (nSPS) is 10.1. The van der Waals surface area contributed by atoms with Crippen LogP contribution in [0.25, 0.3) is 10.9 Å². The lowest BCUT2D eigenvalue weighted by Gasteiger charge is -2.03. The van der Waals surface area contributed by atoms with Gasteiger partial charge in [-0.15, -0.1) is 0 Å². The Labute approximate surface area is 145 Å². The van der Waals surface area contributed by atoms with Gasteiger partial charge in [-0.25, -0.2) is 4.98 Å². The number of hydrogen-bond acceptors (Lipinski definition) is 3. The van der Waals surface area contributed by atoms with Crippen molar-refractivity contribution in [1.82, 2.24) is 15.3 Å². The van der Waals surface area contributed by atoms with Crippen LogP contribution in [-0.4, -0.2) is 22.4 Å². The van der Waals surface area contributed by atoms with Gasteiger partial charge in [0.15, 0.2) is 0 Å². The van der Waals surface area contributed by atoms with Crippen LogP contribution in [0.1, 0.15) is 17.8 Å². The fraction of sp³-hybridized carbons (Fsp3) is 0.150. The van der Waals surface area contributed by atoms with Crippen LogP contribution >= 0.6 is 0 Å². The van der Waals surface area contributed by atoms with Crippen molar-refractivity contribution in [3.8, 4) is 11.8 Å². The second kappa shape index (κ2) is 7.93. The van der Waals surface area contributed by atoms with Crippen molar-refractivity contribution >= 4 is 16.8 Å². The molecule has 0 spiro atoms. The zero-order chi connectivity index (χ0) is 17.5. The van der Waals surface area contributed by atoms with Gasteiger partial charge < -0.3 is 10.3 Å². The Kier molecular flexibility index (Phi) is 5.22. The molecule has 1 heterocycles. The van der Waals surface area contributed by atoms with Crippen LogP contribution in [0.3, 0.4) is 0 Å². The molecule has 0 radical (unpaired) electrons. The van der Waals surface area contributed by atoms with Crippen LogP contribution in [0.5, 0.6) is 0 Å². The molecule has 1 aromatic heterocycles. The van der Waals surface area contributed by atoms with E-state index in [1.165, 1.54) is 0 Å². The summed E-state index contributed by atoms with van der Waals surface area (Å²) in [4.78, 5) is 31.0. The zero-order valence-electron chi connectivity index (χ0n) is 13.6. The van der Waals surface area contributed by atoms with Crippen molar-refractivity contribution in [2.24, 2.45) is 0 Å². The van der Waals surface area contributed by atoms with Gasteiger partial charge >= 0.3 is 0 Å². The lowest BCUT2D eigenvalue weighted by atomic mass is 10.2. The van der Waals surface area contributed by atoms with E-state index in [1.807, 2.05) is 36.4 Å². The molecule has 0 saturated heterocycles. The van der Waals surface area contributed by atoms with Gasteiger partial charge in [0.1, 0.15) is 5.82 Å². The standard InChI is InChI=1S/C20H17N3O2/c24-19(21-14-6-9-15-7-2-1-3-8-15)13-12-18-22-17-11-5-4-10-16(17)20(25)23-18/h1-5,7-8,10-11H,12-14H2,(H,21,24)(H,22,23,25). The van der Waals surface area contributed by atoms with Crippen molar-refractivity contribution in [3.63, 3.8) is 0 Å². The minimum absolute atomic E-state index is 0.127. The molecule has 0 bridgehead atoms. The number of amides is 1. The molecule has 0 unspecified atom stereocenters. The maximum absolute atomic E-state index is 12.0. The summed E-state index contributed by atoms with van der Waals surface area (Å²) in [6.45, 7) is 0.287. The molecule has 1 amide bonds. The Bertz CT molecular complexity index is 998. The first-order chi connectivity index (χ1) is 12.2. The Balaban J connectivity index is 1.53. The quantitative estimate of drug-likeness (QED) is 0.718. The predicted molar refractivity (Wildman–Crippen MR) is 97.0 cm³/mol. The SMILES string of the molecule is O=C(CCc1nc2ccccc2c(=O)[nH]1)NCC#Cc1ccccc1. The number of carbonyl (C=O) groups is 1. The Morgan fingerprint density at radius 2 is 1.84 bits per heavy atom. The second-order valence-electron chi connectivity index (χ2n) is 5.47. The first-order valence-electron chi connectivity index (χ1n) is 8.01. The predicted octanol–water partition coefficient (Wildman–Crippen LogP) is 2.02. The van der Waals surface area contributed by atoms with Crippen molar-refractivity contribution in [3.05, 3.63) is 76.3 Å². The fourth-order valence-electron chi connectivity index (χ4n) is 2.38. The number of nitrogens with zero attached hydrogens (tertiary/aromatic N) is 1. The van der Waals surface area contributed by atoms with Gasteiger partial charge in [0.05, 0.1) is 17.4 Å². The molecule has 3 aromatic rings. The molecule has 25 heavy (non-hydrogen) atoms. The lowest BCUT2D eigenvalue weighted by Crippen LogP contribution is -2.24. The van der Waals surface area contributed by atoms with E-state index in [2.05, 4.69) is 27.1 Å². The largest absolute Gasteiger partial charge is 0.345 e. The number of aromatic amines is 1. The van der Waals surface area contributed by atoms with Crippen molar-refractivity contribution in [2.75, 3.05) is 6.54 Å². The van der Waals surface area contributed by atoms with E-state index in [-0.39, 0.29) is 24.4 Å². The summed E-state index contributed by atoms with van der Waals surface area (Å²) in [5.41, 5.74) is 1.36. The highest BCUT2D eigenvalue weighted by atomic mass is 16.1. The van der Waals surface area contributed by atoms with Gasteiger partial charge in [0, 0.05) is 18.4 Å². The highest BCUT2D eigenvalue weighted by Gasteiger charge is 2.06. The molecule has 0 atom stereocenters. The summed E-state index contributed by atoms with van der Waals surface area (Å²) in [5.74, 6) is 6.27. The first kappa shape index (κ1) is 16.5. The first-order valence-corrected chi connectivity index (χ1v) is 8.01. The van der Waals surface area contributed by atoms with Crippen LogP contribution in [0.4, 0.5) is 0 Å². The molecule has 0 aliphatic heterocycles. The van der Waals surface area contributed by atoms with Crippen LogP contribution in [0.15, 0.2) is 59.4 Å². The van der Waals surface area contributed by atoms with E-state index in [9.17, 15) is 9.59 Å². The molecular weight excluding hydrogens is 314 g/mol. The minimum atomic E-state index is -0.185. The van der Waals surface area contributed by atoms with Crippen LogP contribution in [-0.2, 0) is 11.2 Å². The molecular formula is C20H17N3O2. The average molecular weight is 331 g/mol. The monoisotopic (exact) mass is 331 g/mol. The third kappa shape index (κ3) is 4.55. The molecule has 0 aliphatic carbocycles. The van der Waals surface area contributed by atoms with E-state index in [4.69, 9.17) is 0 Å². The Morgan fingerprint density at radius 1 is 1.08 bits per heavy atom. The number of rotatable bonds is 4. The van der Waals surface area contributed by atoms with Gasteiger partial charge in [0.2, 0.25) is 5.91 Å². The van der Waals surface area contributed by atoms with E-state index in [1.54, 1.807) is 18.2 Å². The van der Waals surface area contributed by atoms with Crippen molar-refractivity contribution in [2.45, 2.75) is 12.8 Å². The molecule has 2 N–H and O–H groups in total. The van der Waals surface area contributed by atoms with Gasteiger partial charge in [-0.3, -0.25) is 9.59 Å². The molecule has 124 valence electrons. The summed E-state index contributed by atoms with van der Waals surface area (Å²) in [6.07, 6.45) is 0.617. The van der Waals surface area contributed by atoms with E-state index in [0.29, 0.717) is 23.1 Å². The summed E-state index contributed by atoms with van der Waals surface area (Å²) >= 11 is 0. The molecule has 3 rings (SSSR count). The molecule has 0 saturated carbocycles. The molecule has 0 aliphatic rings. The van der Waals surface area contributed by atoms with Crippen LogP contribution in [0, 0.1) is 11.8 Å². The van der Waals surface area contributed by atoms with E-state index >= 15 is 0 Å². The number of aryl methyl sites for hydroxylation is 1. The topological polar surface area (TPSA) is 74.8 Å². The third-order valence-corrected chi connectivity index (χ3v) is 3.63. The van der Waals surface area contributed by atoms with Gasteiger partial charge in [0.25, 0.3) is 5.56 Å². The van der Waals surface area contributed by atoms with Gasteiger partial charge in [-0.05, 0) is 24.3 Å². The maximum Gasteiger partial charge on any atom is 0.258 e. The molecule has 0 fully saturated rings. The maximum atomic E-state index is 12.0. The van der Waals surface area contributed by atoms with E-state index in [0.717, 1.165) is 5.56 Å². The summed E-state index contributed by atoms with van der Waals surface area (Å²) in [6, 6.07) is 16.7. The minimum Gasteiger partial charge on any atom is -0.345 e. The third-order valence-electron chi connectivity index (χ3n) is 3.63. The highest BCUT2D eigenvalue weighted by molar-refractivity contribution is 5.78. The fourth-order valence-corrected chi connectivity index (χ4v) is 2.38. The Hall–Kier alpha value is -3.39. The van der Waals surface area contributed by atoms with E-state index < -0.39 is 0 Å². The summed E-state index contributed by atoms with van der Waals surface area (Å²) in [7, 11) is 0. The highest BCUT2D eigenvalue weighted by Crippen LogP contribution is 2.06. The number of H-pyrrole nitrogens is 1. The number of hydrogen-bond donors (Lipinski definition) is 2. The number of aromatic nitrogens is 2. The summed E-state index contributed by atoms with van der Waals surface area (Å²) < 4.78 is 0. The molecule has 2 aromatic carbocycles. The van der Waals surface area contributed by atoms with Crippen LogP contribution in [0.2, 0.25) is 0 Å². The number of carbonyl (C=O) groups excluding carboxylic acids is 1. The van der Waals surface area contributed by atoms with Gasteiger partial charge in [-0.2, -0.15) is 0 Å². The van der Waals surface area contributed by atoms with Crippen LogP contribution < -0.4 is 10.9 Å². The number of fused-ring (bicyclic) bond motifs is 1. The lowest BCUT2D eigenvalue weighted by molar-refractivity contribution is -0.120. The van der Waals surface area contributed by atoms with Gasteiger partial charge in [-0.1, -0.05) is 42.2 Å². The molecule has 5 nitrogen and oxygen atoms in total. The second-order valence-corrected chi connectivity index (χ2v) is 5.47. The Morgan fingerprint density at radius 3 is 2.68 bits per heavy atom. The number of benzene rings is 2. The number of para-hydroxylation sites is 1. The van der Waals surface area contributed by atoms with Crippen molar-refractivity contribution in [1.29, 1.82) is 0 Å². The summed E-state index contributed by atoms with van der Waals surface area (Å²) in [5, 5.41) is 3.29.